The van der Waals surface area contributed by atoms with Crippen LogP contribution >= 0.6 is 0 Å². The number of ether oxygens (including phenoxy) is 3. The highest BCUT2D eigenvalue weighted by atomic mass is 19.3. The van der Waals surface area contributed by atoms with Gasteiger partial charge in [-0.25, -0.2) is 18.6 Å². The Bertz CT molecular complexity index is 1490. The number of nitrogens with zero attached hydrogens (tertiary/aromatic N) is 3. The predicted octanol–water partition coefficient (Wildman–Crippen LogP) is 5.17. The number of methoxy groups -OCH3 is 3. The minimum Gasteiger partial charge on any atom is -0.465 e. The summed E-state index contributed by atoms with van der Waals surface area (Å²) in [4.78, 5) is 17.2. The molecule has 0 saturated carbocycles. The summed E-state index contributed by atoms with van der Waals surface area (Å²) in [7, 11) is 4.63. The maximum absolute atomic E-state index is 14.5. The monoisotopic (exact) mass is 511 g/mol. The third-order valence-electron chi connectivity index (χ3n) is 7.33. The third-order valence-corrected chi connectivity index (χ3v) is 7.33. The zero-order valence-corrected chi connectivity index (χ0v) is 21.6. The van der Waals surface area contributed by atoms with E-state index in [1.165, 1.54) is 7.11 Å². The maximum atomic E-state index is 14.5. The Morgan fingerprint density at radius 1 is 1.03 bits per heavy atom. The molecule has 4 aromatic rings. The first kappa shape index (κ1) is 25.4. The SMILES string of the molecule is COCCn1c2c(c3cc(-c4nc5c(C)c(C(=O)OC)ccc5n4CCOC)ccc31)CC(F)(F)CC2. The number of esters is 1. The highest BCUT2D eigenvalue weighted by Gasteiger charge is 2.37. The van der Waals surface area contributed by atoms with E-state index in [2.05, 4.69) is 9.13 Å². The third kappa shape index (κ3) is 4.40. The van der Waals surface area contributed by atoms with Crippen LogP contribution < -0.4 is 0 Å². The van der Waals surface area contributed by atoms with Gasteiger partial charge in [-0.2, -0.15) is 0 Å². The van der Waals surface area contributed by atoms with Gasteiger partial charge in [-0.05, 0) is 54.8 Å². The lowest BCUT2D eigenvalue weighted by molar-refractivity contribution is -0.0126. The number of carbonyl (C=O) groups is 1. The van der Waals surface area contributed by atoms with Crippen LogP contribution in [0, 0.1) is 6.92 Å². The second kappa shape index (κ2) is 9.87. The van der Waals surface area contributed by atoms with Crippen LogP contribution in [0.4, 0.5) is 8.78 Å². The molecule has 0 aliphatic heterocycles. The first-order valence-electron chi connectivity index (χ1n) is 12.4. The lowest BCUT2D eigenvalue weighted by atomic mass is 9.92. The molecule has 0 fully saturated rings. The van der Waals surface area contributed by atoms with E-state index in [9.17, 15) is 13.6 Å². The second-order valence-corrected chi connectivity index (χ2v) is 9.51. The van der Waals surface area contributed by atoms with Crippen molar-refractivity contribution in [2.75, 3.05) is 34.5 Å². The fraction of sp³-hybridized carbons (Fsp3) is 0.429. The van der Waals surface area contributed by atoms with Crippen LogP contribution in [0.1, 0.15) is 33.6 Å². The number of carbonyl (C=O) groups excluding carboxylic acids is 1. The number of alkyl halides is 2. The smallest absolute Gasteiger partial charge is 0.338 e. The molecule has 0 spiro atoms. The molecule has 0 bridgehead atoms. The van der Waals surface area contributed by atoms with E-state index in [0.717, 1.165) is 33.2 Å². The standard InChI is InChI=1S/C28H31F2N3O4/c1-17-19(27(34)37-4)6-8-24-25(17)31-26(33(24)12-14-36-3)18-5-7-22-20(15-18)21-16-28(29,30)10-9-23(21)32(22)11-13-35-2/h5-8,15H,9-14,16H2,1-4H3. The van der Waals surface area contributed by atoms with Crippen molar-refractivity contribution in [3.8, 4) is 11.4 Å². The molecule has 2 aromatic carbocycles. The average Bonchev–Trinajstić information content (AvgIpc) is 3.40. The van der Waals surface area contributed by atoms with E-state index < -0.39 is 11.9 Å². The van der Waals surface area contributed by atoms with Crippen molar-refractivity contribution in [3.63, 3.8) is 0 Å². The van der Waals surface area contributed by atoms with Crippen LogP contribution in [0.25, 0.3) is 33.3 Å². The van der Waals surface area contributed by atoms with Gasteiger partial charge in [0.15, 0.2) is 0 Å². The van der Waals surface area contributed by atoms with Gasteiger partial charge in [0.25, 0.3) is 5.92 Å². The summed E-state index contributed by atoms with van der Waals surface area (Å²) in [5.74, 6) is -2.45. The highest BCUT2D eigenvalue weighted by Crippen LogP contribution is 2.40. The molecule has 0 N–H and O–H groups in total. The molecule has 37 heavy (non-hydrogen) atoms. The molecular formula is C28H31F2N3O4. The Balaban J connectivity index is 1.71. The number of hydrogen-bond acceptors (Lipinski definition) is 5. The maximum Gasteiger partial charge on any atom is 0.338 e. The molecule has 5 rings (SSSR count). The molecule has 0 radical (unpaired) electrons. The number of rotatable bonds is 8. The molecule has 0 atom stereocenters. The first-order chi connectivity index (χ1) is 17.8. The number of aromatic nitrogens is 3. The van der Waals surface area contributed by atoms with Crippen LogP contribution in [-0.2, 0) is 40.1 Å². The summed E-state index contributed by atoms with van der Waals surface area (Å²) in [6.45, 7) is 3.97. The summed E-state index contributed by atoms with van der Waals surface area (Å²) in [5.41, 5.74) is 6.15. The summed E-state index contributed by atoms with van der Waals surface area (Å²) >= 11 is 0. The molecule has 0 amide bonds. The van der Waals surface area contributed by atoms with Gasteiger partial charge in [-0.3, -0.25) is 0 Å². The van der Waals surface area contributed by atoms with Crippen LogP contribution in [0.2, 0.25) is 0 Å². The van der Waals surface area contributed by atoms with Gasteiger partial charge in [0.1, 0.15) is 5.82 Å². The van der Waals surface area contributed by atoms with Crippen LogP contribution in [0.15, 0.2) is 30.3 Å². The Labute approximate surface area is 213 Å². The Morgan fingerprint density at radius 3 is 2.43 bits per heavy atom. The molecule has 9 heteroatoms. The van der Waals surface area contributed by atoms with E-state index >= 15 is 0 Å². The van der Waals surface area contributed by atoms with Crippen molar-refractivity contribution in [3.05, 3.63) is 52.7 Å². The van der Waals surface area contributed by atoms with Crippen molar-refractivity contribution >= 4 is 27.9 Å². The van der Waals surface area contributed by atoms with Gasteiger partial charge in [-0.15, -0.1) is 0 Å². The van der Waals surface area contributed by atoms with Crippen LogP contribution in [-0.4, -0.2) is 60.6 Å². The van der Waals surface area contributed by atoms with Gasteiger partial charge in [0.2, 0.25) is 0 Å². The van der Waals surface area contributed by atoms with Gasteiger partial charge >= 0.3 is 5.97 Å². The zero-order valence-electron chi connectivity index (χ0n) is 21.6. The molecule has 196 valence electrons. The van der Waals surface area contributed by atoms with Crippen molar-refractivity contribution in [2.24, 2.45) is 0 Å². The minimum atomic E-state index is -2.73. The van der Waals surface area contributed by atoms with Crippen molar-refractivity contribution in [2.45, 2.75) is 45.2 Å². The highest BCUT2D eigenvalue weighted by molar-refractivity contribution is 5.98. The molecule has 1 aliphatic rings. The van der Waals surface area contributed by atoms with E-state index in [1.807, 2.05) is 31.2 Å². The predicted molar refractivity (Wildman–Crippen MR) is 137 cm³/mol. The lowest BCUT2D eigenvalue weighted by Gasteiger charge is -2.23. The molecule has 2 heterocycles. The average molecular weight is 512 g/mol. The van der Waals surface area contributed by atoms with E-state index in [-0.39, 0.29) is 12.8 Å². The molecular weight excluding hydrogens is 480 g/mol. The largest absolute Gasteiger partial charge is 0.465 e. The number of benzene rings is 2. The van der Waals surface area contributed by atoms with Gasteiger partial charge in [-0.1, -0.05) is 0 Å². The molecule has 7 nitrogen and oxygen atoms in total. The Hall–Kier alpha value is -3.30. The summed E-state index contributed by atoms with van der Waals surface area (Å²) < 4.78 is 48.8. The van der Waals surface area contributed by atoms with Crippen molar-refractivity contribution in [1.82, 2.24) is 14.1 Å². The zero-order chi connectivity index (χ0) is 26.3. The molecule has 0 unspecified atom stereocenters. The number of fused-ring (bicyclic) bond motifs is 4. The first-order valence-corrected chi connectivity index (χ1v) is 12.4. The van der Waals surface area contributed by atoms with E-state index in [1.54, 1.807) is 20.3 Å². The molecule has 0 saturated heterocycles. The minimum absolute atomic E-state index is 0.148. The molecule has 1 aliphatic carbocycles. The number of imidazole rings is 1. The van der Waals surface area contributed by atoms with Crippen LogP contribution in [0.5, 0.6) is 0 Å². The fourth-order valence-electron chi connectivity index (χ4n) is 5.47. The lowest BCUT2D eigenvalue weighted by Crippen LogP contribution is -2.26. The summed E-state index contributed by atoms with van der Waals surface area (Å²) in [6.07, 6.45) is -0.0906. The van der Waals surface area contributed by atoms with E-state index in [4.69, 9.17) is 19.2 Å². The van der Waals surface area contributed by atoms with E-state index in [0.29, 0.717) is 55.2 Å². The number of hydrogen-bond donors (Lipinski definition) is 0. The topological polar surface area (TPSA) is 67.5 Å². The van der Waals surface area contributed by atoms with Gasteiger partial charge in [0, 0.05) is 62.3 Å². The Morgan fingerprint density at radius 2 is 1.73 bits per heavy atom. The summed E-state index contributed by atoms with van der Waals surface area (Å²) in [6, 6.07) is 9.55. The molecule has 2 aromatic heterocycles. The normalized spacial score (nSPS) is 14.9. The number of halogens is 2. The quantitative estimate of drug-likeness (QED) is 0.306. The van der Waals surface area contributed by atoms with Gasteiger partial charge in [0.05, 0.1) is 36.9 Å². The van der Waals surface area contributed by atoms with Gasteiger partial charge < -0.3 is 23.3 Å². The summed E-state index contributed by atoms with van der Waals surface area (Å²) in [5, 5.41) is 0.820. The Kier molecular flexibility index (Phi) is 6.76. The second-order valence-electron chi connectivity index (χ2n) is 9.51. The van der Waals surface area contributed by atoms with Crippen LogP contribution in [0.3, 0.4) is 0 Å². The van der Waals surface area contributed by atoms with Crippen molar-refractivity contribution in [1.29, 1.82) is 0 Å². The number of aryl methyl sites for hydroxylation is 1. The fourth-order valence-corrected chi connectivity index (χ4v) is 5.47. The van der Waals surface area contributed by atoms with Crippen molar-refractivity contribution < 1.29 is 27.8 Å².